The Bertz CT molecular complexity index is 1060. The Hall–Kier alpha value is -3.45. The van der Waals surface area contributed by atoms with Gasteiger partial charge in [0.25, 0.3) is 5.56 Å². The van der Waals surface area contributed by atoms with Crippen LogP contribution in [-0.4, -0.2) is 34.5 Å². The Kier molecular flexibility index (Phi) is 5.39. The van der Waals surface area contributed by atoms with Crippen molar-refractivity contribution in [2.24, 2.45) is 0 Å². The van der Waals surface area contributed by atoms with Crippen molar-refractivity contribution in [1.29, 1.82) is 0 Å². The number of aromatic nitrogens is 2. The number of esters is 1. The summed E-state index contributed by atoms with van der Waals surface area (Å²) in [7, 11) is 1.34. The van der Waals surface area contributed by atoms with Crippen LogP contribution in [0.15, 0.2) is 59.4 Å². The van der Waals surface area contributed by atoms with Gasteiger partial charge in [-0.05, 0) is 29.8 Å². The van der Waals surface area contributed by atoms with Crippen molar-refractivity contribution in [2.45, 2.75) is 19.5 Å². The second kappa shape index (κ2) is 8.28. The average Bonchev–Trinajstić information content (AvgIpc) is 2.75. The number of aromatic amines is 1. The van der Waals surface area contributed by atoms with Gasteiger partial charge in [0.15, 0.2) is 0 Å². The lowest BCUT2D eigenvalue weighted by atomic mass is 10.1. The summed E-state index contributed by atoms with van der Waals surface area (Å²) in [6.45, 7) is 2.25. The van der Waals surface area contributed by atoms with E-state index in [0.717, 1.165) is 36.5 Å². The third kappa shape index (κ3) is 4.35. The fourth-order valence-electron chi connectivity index (χ4n) is 3.46. The van der Waals surface area contributed by atoms with Crippen LogP contribution in [-0.2, 0) is 24.2 Å². The van der Waals surface area contributed by atoms with Crippen LogP contribution >= 0.6 is 0 Å². The molecule has 0 unspecified atom stereocenters. The van der Waals surface area contributed by atoms with Gasteiger partial charge >= 0.3 is 5.97 Å². The topological polar surface area (TPSA) is 87.3 Å². The van der Waals surface area contributed by atoms with Gasteiger partial charge in [-0.1, -0.05) is 30.3 Å². The molecule has 3 aromatic rings. The number of anilines is 2. The van der Waals surface area contributed by atoms with Gasteiger partial charge in [0.2, 0.25) is 5.95 Å². The molecule has 1 aliphatic rings. The first-order valence-corrected chi connectivity index (χ1v) is 9.46. The monoisotopic (exact) mass is 390 g/mol. The van der Waals surface area contributed by atoms with Crippen LogP contribution in [0.3, 0.4) is 0 Å². The second-order valence-corrected chi connectivity index (χ2v) is 6.98. The highest BCUT2D eigenvalue weighted by Gasteiger charge is 2.21. The van der Waals surface area contributed by atoms with Gasteiger partial charge in [-0.3, -0.25) is 14.7 Å². The van der Waals surface area contributed by atoms with E-state index in [0.29, 0.717) is 18.1 Å². The molecule has 1 aliphatic heterocycles. The highest BCUT2D eigenvalue weighted by atomic mass is 16.5. The highest BCUT2D eigenvalue weighted by Crippen LogP contribution is 2.19. The Morgan fingerprint density at radius 3 is 2.66 bits per heavy atom. The molecule has 2 heterocycles. The summed E-state index contributed by atoms with van der Waals surface area (Å²) in [5.74, 6) is 0.00740. The minimum absolute atomic E-state index is 0.124. The highest BCUT2D eigenvalue weighted by molar-refractivity contribution is 5.89. The molecule has 4 rings (SSSR count). The number of ether oxygens (including phenoxy) is 1. The molecule has 2 aromatic carbocycles. The zero-order chi connectivity index (χ0) is 20.2. The summed E-state index contributed by atoms with van der Waals surface area (Å²) in [5, 5.41) is 3.10. The number of carbonyl (C=O) groups excluding carboxylic acids is 1. The Labute approximate surface area is 168 Å². The molecule has 0 saturated carbocycles. The number of nitrogens with one attached hydrogen (secondary N) is 2. The van der Waals surface area contributed by atoms with Crippen molar-refractivity contribution in [3.63, 3.8) is 0 Å². The molecule has 0 amide bonds. The number of nitrogens with zero attached hydrogens (tertiary/aromatic N) is 2. The van der Waals surface area contributed by atoms with E-state index in [9.17, 15) is 9.59 Å². The van der Waals surface area contributed by atoms with Crippen LogP contribution in [0.5, 0.6) is 0 Å². The van der Waals surface area contributed by atoms with E-state index >= 15 is 0 Å². The standard InChI is InChI=1S/C22H22N4O3/c1-29-21(28)16-7-9-17(10-8-16)23-22-24-19-11-12-26(14-18(19)20(27)25-22)13-15-5-3-2-4-6-15/h2-10H,11-14H2,1H3,(H2,23,24,25,27). The molecule has 0 fully saturated rings. The maximum atomic E-state index is 12.6. The number of methoxy groups -OCH3 is 1. The van der Waals surface area contributed by atoms with Crippen molar-refractivity contribution >= 4 is 17.6 Å². The van der Waals surface area contributed by atoms with Gasteiger partial charge in [-0.2, -0.15) is 0 Å². The predicted molar refractivity (Wildman–Crippen MR) is 110 cm³/mol. The Morgan fingerprint density at radius 1 is 1.17 bits per heavy atom. The predicted octanol–water partition coefficient (Wildman–Crippen LogP) is 2.86. The molecule has 0 spiro atoms. The average molecular weight is 390 g/mol. The Morgan fingerprint density at radius 2 is 1.93 bits per heavy atom. The van der Waals surface area contributed by atoms with E-state index in [1.807, 2.05) is 18.2 Å². The summed E-state index contributed by atoms with van der Waals surface area (Å²) >= 11 is 0. The maximum absolute atomic E-state index is 12.6. The first-order chi connectivity index (χ1) is 14.1. The van der Waals surface area contributed by atoms with Gasteiger partial charge in [0.05, 0.1) is 23.9 Å². The third-order valence-electron chi connectivity index (χ3n) is 4.97. The zero-order valence-electron chi connectivity index (χ0n) is 16.1. The molecule has 7 heteroatoms. The molecule has 0 atom stereocenters. The molecule has 0 aliphatic carbocycles. The van der Waals surface area contributed by atoms with Crippen molar-refractivity contribution in [3.8, 4) is 0 Å². The number of fused-ring (bicyclic) bond motifs is 1. The van der Waals surface area contributed by atoms with E-state index in [4.69, 9.17) is 4.74 Å². The van der Waals surface area contributed by atoms with Crippen molar-refractivity contribution in [3.05, 3.63) is 87.3 Å². The lowest BCUT2D eigenvalue weighted by molar-refractivity contribution is 0.0601. The minimum atomic E-state index is -0.392. The fraction of sp³-hybridized carbons (Fsp3) is 0.227. The number of rotatable bonds is 5. The second-order valence-electron chi connectivity index (χ2n) is 6.98. The molecule has 0 radical (unpaired) electrons. The first-order valence-electron chi connectivity index (χ1n) is 9.46. The Balaban J connectivity index is 1.48. The summed E-state index contributed by atoms with van der Waals surface area (Å²) in [6, 6.07) is 17.0. The van der Waals surface area contributed by atoms with Crippen LogP contribution in [0, 0.1) is 0 Å². The lowest BCUT2D eigenvalue weighted by Crippen LogP contribution is -2.35. The molecule has 29 heavy (non-hydrogen) atoms. The van der Waals surface area contributed by atoms with Crippen LogP contribution in [0.2, 0.25) is 0 Å². The molecule has 148 valence electrons. The maximum Gasteiger partial charge on any atom is 0.337 e. The minimum Gasteiger partial charge on any atom is -0.465 e. The zero-order valence-corrected chi connectivity index (χ0v) is 16.1. The van der Waals surface area contributed by atoms with Crippen molar-refractivity contribution in [1.82, 2.24) is 14.9 Å². The lowest BCUT2D eigenvalue weighted by Gasteiger charge is -2.27. The first kappa shape index (κ1) is 18.9. The third-order valence-corrected chi connectivity index (χ3v) is 4.97. The summed E-state index contributed by atoms with van der Waals surface area (Å²) < 4.78 is 4.70. The molecule has 7 nitrogen and oxygen atoms in total. The van der Waals surface area contributed by atoms with Gasteiger partial charge in [0.1, 0.15) is 0 Å². The fourth-order valence-corrected chi connectivity index (χ4v) is 3.46. The normalized spacial score (nSPS) is 13.6. The van der Waals surface area contributed by atoms with Gasteiger partial charge < -0.3 is 10.1 Å². The number of hydrogen-bond acceptors (Lipinski definition) is 6. The molecule has 2 N–H and O–H groups in total. The van der Waals surface area contributed by atoms with E-state index in [1.165, 1.54) is 12.7 Å². The number of carbonyl (C=O) groups is 1. The molecule has 0 saturated heterocycles. The molecule has 1 aromatic heterocycles. The van der Waals surface area contributed by atoms with Crippen LogP contribution < -0.4 is 10.9 Å². The van der Waals surface area contributed by atoms with E-state index in [-0.39, 0.29) is 5.56 Å². The van der Waals surface area contributed by atoms with Crippen LogP contribution in [0.25, 0.3) is 0 Å². The van der Waals surface area contributed by atoms with Gasteiger partial charge in [0, 0.05) is 31.7 Å². The molecular formula is C22H22N4O3. The summed E-state index contributed by atoms with van der Waals surface area (Å²) in [5.41, 5.74) is 3.84. The number of H-pyrrole nitrogens is 1. The van der Waals surface area contributed by atoms with Crippen molar-refractivity contribution < 1.29 is 9.53 Å². The number of hydrogen-bond donors (Lipinski definition) is 2. The van der Waals surface area contributed by atoms with E-state index < -0.39 is 5.97 Å². The van der Waals surface area contributed by atoms with Crippen LogP contribution in [0.4, 0.5) is 11.6 Å². The number of benzene rings is 2. The van der Waals surface area contributed by atoms with E-state index in [1.54, 1.807) is 24.3 Å². The van der Waals surface area contributed by atoms with Gasteiger partial charge in [-0.15, -0.1) is 0 Å². The smallest absolute Gasteiger partial charge is 0.337 e. The quantitative estimate of drug-likeness (QED) is 0.652. The molecule has 0 bridgehead atoms. The van der Waals surface area contributed by atoms with Crippen LogP contribution in [0.1, 0.15) is 27.2 Å². The van der Waals surface area contributed by atoms with E-state index in [2.05, 4.69) is 32.3 Å². The SMILES string of the molecule is COC(=O)c1ccc(Nc2nc3c(c(=O)[nH]2)CN(Cc2ccccc2)CC3)cc1. The largest absolute Gasteiger partial charge is 0.465 e. The van der Waals surface area contributed by atoms with Gasteiger partial charge in [-0.25, -0.2) is 9.78 Å². The van der Waals surface area contributed by atoms with Crippen molar-refractivity contribution in [2.75, 3.05) is 19.0 Å². The molecular weight excluding hydrogens is 368 g/mol. The summed E-state index contributed by atoms with van der Waals surface area (Å²) in [6.07, 6.45) is 0.724. The summed E-state index contributed by atoms with van der Waals surface area (Å²) in [4.78, 5) is 33.8.